The van der Waals surface area contributed by atoms with E-state index in [1.54, 1.807) is 13.3 Å². The Balaban J connectivity index is 2.42. The summed E-state index contributed by atoms with van der Waals surface area (Å²) in [5.74, 6) is 0.741. The maximum Gasteiger partial charge on any atom is 0.180 e. The van der Waals surface area contributed by atoms with Gasteiger partial charge in [0.1, 0.15) is 11.4 Å². The van der Waals surface area contributed by atoms with Crippen LogP contribution in [0.1, 0.15) is 17.4 Å². The van der Waals surface area contributed by atoms with Crippen LogP contribution in [0.3, 0.4) is 0 Å². The first kappa shape index (κ1) is 10.8. The third-order valence-corrected chi connectivity index (χ3v) is 3.06. The fraction of sp³-hybridized carbons (Fsp3) is 0.143. The van der Waals surface area contributed by atoms with Crippen molar-refractivity contribution in [3.8, 4) is 5.75 Å². The molecule has 0 amide bonds. The summed E-state index contributed by atoms with van der Waals surface area (Å²) in [6.07, 6.45) is 1.66. The largest absolute Gasteiger partial charge is 0.497 e. The fourth-order valence-corrected chi connectivity index (χ4v) is 2.20. The zero-order chi connectivity index (χ0) is 12.7. The van der Waals surface area contributed by atoms with Crippen molar-refractivity contribution in [1.29, 1.82) is 0 Å². The van der Waals surface area contributed by atoms with Crippen molar-refractivity contribution in [1.82, 2.24) is 9.97 Å². The predicted octanol–water partition coefficient (Wildman–Crippen LogP) is 2.93. The van der Waals surface area contributed by atoms with Gasteiger partial charge in [-0.3, -0.25) is 9.78 Å². The molecule has 4 heteroatoms. The number of aromatic amines is 1. The van der Waals surface area contributed by atoms with Gasteiger partial charge >= 0.3 is 0 Å². The molecule has 1 N–H and O–H groups in total. The standard InChI is InChI=1S/C14H12N2O2/c1-8(17)13-14-11(5-6-15-13)10-4-3-9(18-2)7-12(10)16-14/h3-7,16H,1-2H3. The fourth-order valence-electron chi connectivity index (χ4n) is 2.20. The van der Waals surface area contributed by atoms with E-state index in [0.717, 1.165) is 27.6 Å². The molecule has 0 aliphatic carbocycles. The number of benzene rings is 1. The molecule has 4 nitrogen and oxygen atoms in total. The molecule has 0 bridgehead atoms. The van der Waals surface area contributed by atoms with E-state index in [2.05, 4.69) is 9.97 Å². The van der Waals surface area contributed by atoms with Gasteiger partial charge in [0.05, 0.1) is 18.1 Å². The van der Waals surface area contributed by atoms with Gasteiger partial charge in [0.25, 0.3) is 0 Å². The normalized spacial score (nSPS) is 11.0. The molecule has 0 spiro atoms. The van der Waals surface area contributed by atoms with Crippen LogP contribution in [0.25, 0.3) is 21.8 Å². The lowest BCUT2D eigenvalue weighted by atomic mass is 10.1. The van der Waals surface area contributed by atoms with Crippen molar-refractivity contribution in [2.45, 2.75) is 6.92 Å². The number of carbonyl (C=O) groups is 1. The number of ketones is 1. The summed E-state index contributed by atoms with van der Waals surface area (Å²) in [6.45, 7) is 1.52. The lowest BCUT2D eigenvalue weighted by Crippen LogP contribution is -1.96. The number of nitrogens with one attached hydrogen (secondary N) is 1. The summed E-state index contributed by atoms with van der Waals surface area (Å²) in [7, 11) is 1.63. The minimum absolute atomic E-state index is 0.0425. The molecule has 0 unspecified atom stereocenters. The van der Waals surface area contributed by atoms with Crippen molar-refractivity contribution in [2.24, 2.45) is 0 Å². The molecule has 18 heavy (non-hydrogen) atoms. The number of hydrogen-bond acceptors (Lipinski definition) is 3. The van der Waals surface area contributed by atoms with E-state index in [1.165, 1.54) is 6.92 Å². The van der Waals surface area contributed by atoms with E-state index in [0.29, 0.717) is 5.69 Å². The first-order chi connectivity index (χ1) is 8.70. The average Bonchev–Trinajstić information content (AvgIpc) is 2.75. The highest BCUT2D eigenvalue weighted by molar-refractivity contribution is 6.14. The molecule has 0 saturated carbocycles. The number of rotatable bonds is 2. The van der Waals surface area contributed by atoms with Gasteiger partial charge in [-0.15, -0.1) is 0 Å². The maximum absolute atomic E-state index is 11.6. The van der Waals surface area contributed by atoms with Gasteiger partial charge in [-0.1, -0.05) is 0 Å². The number of carbonyl (C=O) groups excluding carboxylic acids is 1. The number of methoxy groups -OCH3 is 1. The van der Waals surface area contributed by atoms with Gasteiger partial charge in [-0.25, -0.2) is 0 Å². The van der Waals surface area contributed by atoms with E-state index in [9.17, 15) is 4.79 Å². The summed E-state index contributed by atoms with van der Waals surface area (Å²) >= 11 is 0. The molecule has 0 aliphatic rings. The Morgan fingerprint density at radius 1 is 1.28 bits per heavy atom. The second-order valence-corrected chi connectivity index (χ2v) is 4.17. The summed E-state index contributed by atoms with van der Waals surface area (Å²) in [4.78, 5) is 18.9. The number of hydrogen-bond donors (Lipinski definition) is 1. The Kier molecular flexibility index (Phi) is 2.30. The minimum atomic E-state index is -0.0425. The van der Waals surface area contributed by atoms with Gasteiger partial charge in [0.15, 0.2) is 5.78 Å². The highest BCUT2D eigenvalue weighted by atomic mass is 16.5. The van der Waals surface area contributed by atoms with Crippen LogP contribution in [0.2, 0.25) is 0 Å². The van der Waals surface area contributed by atoms with Crippen LogP contribution in [-0.4, -0.2) is 22.9 Å². The van der Waals surface area contributed by atoms with Crippen LogP contribution in [0.4, 0.5) is 0 Å². The molecule has 0 saturated heterocycles. The predicted molar refractivity (Wildman–Crippen MR) is 70.2 cm³/mol. The Labute approximate surface area is 104 Å². The van der Waals surface area contributed by atoms with Gasteiger partial charge in [-0.05, 0) is 18.2 Å². The van der Waals surface area contributed by atoms with E-state index in [-0.39, 0.29) is 5.78 Å². The van der Waals surface area contributed by atoms with Gasteiger partial charge in [-0.2, -0.15) is 0 Å². The van der Waals surface area contributed by atoms with Crippen LogP contribution in [0.15, 0.2) is 30.5 Å². The van der Waals surface area contributed by atoms with Gasteiger partial charge in [0.2, 0.25) is 0 Å². The molecule has 0 radical (unpaired) electrons. The molecule has 90 valence electrons. The molecule has 0 atom stereocenters. The molecule has 2 heterocycles. The quantitative estimate of drug-likeness (QED) is 0.701. The number of H-pyrrole nitrogens is 1. The maximum atomic E-state index is 11.6. The molecular formula is C14H12N2O2. The summed E-state index contributed by atoms with van der Waals surface area (Å²) in [6, 6.07) is 7.72. The molecule has 3 aromatic rings. The Hall–Kier alpha value is -2.36. The van der Waals surface area contributed by atoms with Crippen LogP contribution in [0, 0.1) is 0 Å². The van der Waals surface area contributed by atoms with Crippen molar-refractivity contribution in [3.63, 3.8) is 0 Å². The van der Waals surface area contributed by atoms with Crippen LogP contribution in [0.5, 0.6) is 5.75 Å². The molecule has 1 aromatic carbocycles. The molecule has 3 rings (SSSR count). The highest BCUT2D eigenvalue weighted by Crippen LogP contribution is 2.29. The average molecular weight is 240 g/mol. The molecule has 2 aromatic heterocycles. The monoisotopic (exact) mass is 240 g/mol. The summed E-state index contributed by atoms with van der Waals surface area (Å²) < 4.78 is 5.19. The second-order valence-electron chi connectivity index (χ2n) is 4.17. The van der Waals surface area contributed by atoms with Crippen LogP contribution >= 0.6 is 0 Å². The SMILES string of the molecule is COc1ccc2c(c1)[nH]c1c(C(C)=O)nccc12. The van der Waals surface area contributed by atoms with Crippen molar-refractivity contribution in [2.75, 3.05) is 7.11 Å². The van der Waals surface area contributed by atoms with E-state index < -0.39 is 0 Å². The van der Waals surface area contributed by atoms with Crippen molar-refractivity contribution >= 4 is 27.6 Å². The molecule has 0 fully saturated rings. The highest BCUT2D eigenvalue weighted by Gasteiger charge is 2.12. The van der Waals surface area contributed by atoms with Crippen LogP contribution in [-0.2, 0) is 0 Å². The zero-order valence-electron chi connectivity index (χ0n) is 10.2. The zero-order valence-corrected chi connectivity index (χ0v) is 10.2. The minimum Gasteiger partial charge on any atom is -0.497 e. The second kappa shape index (κ2) is 3.84. The Bertz CT molecular complexity index is 759. The van der Waals surface area contributed by atoms with Crippen LogP contribution < -0.4 is 4.74 Å². The van der Waals surface area contributed by atoms with Gasteiger partial charge in [0, 0.05) is 30.0 Å². The van der Waals surface area contributed by atoms with E-state index in [1.807, 2.05) is 24.3 Å². The third-order valence-electron chi connectivity index (χ3n) is 3.06. The molecule has 0 aliphatic heterocycles. The number of pyridine rings is 1. The first-order valence-corrected chi connectivity index (χ1v) is 5.66. The number of nitrogens with zero attached hydrogens (tertiary/aromatic N) is 1. The number of fused-ring (bicyclic) bond motifs is 3. The lowest BCUT2D eigenvalue weighted by Gasteiger charge is -1.98. The van der Waals surface area contributed by atoms with E-state index >= 15 is 0 Å². The Morgan fingerprint density at radius 3 is 2.83 bits per heavy atom. The van der Waals surface area contributed by atoms with Crippen molar-refractivity contribution in [3.05, 3.63) is 36.2 Å². The lowest BCUT2D eigenvalue weighted by molar-refractivity contribution is 0.101. The number of ether oxygens (including phenoxy) is 1. The number of aromatic nitrogens is 2. The summed E-state index contributed by atoms with van der Waals surface area (Å²) in [5.41, 5.74) is 2.20. The smallest absolute Gasteiger partial charge is 0.180 e. The number of Topliss-reactive ketones (excluding diaryl/α,β-unsaturated/α-hetero) is 1. The topological polar surface area (TPSA) is 55.0 Å². The summed E-state index contributed by atoms with van der Waals surface area (Å²) in [5, 5.41) is 2.07. The molecular weight excluding hydrogens is 228 g/mol. The Morgan fingerprint density at radius 2 is 2.11 bits per heavy atom. The van der Waals surface area contributed by atoms with E-state index in [4.69, 9.17) is 4.74 Å². The van der Waals surface area contributed by atoms with Crippen molar-refractivity contribution < 1.29 is 9.53 Å². The first-order valence-electron chi connectivity index (χ1n) is 5.66. The van der Waals surface area contributed by atoms with Gasteiger partial charge < -0.3 is 9.72 Å². The third kappa shape index (κ3) is 1.46.